The molecule has 4 atom stereocenters. The molecule has 3 nitrogen and oxygen atoms in total. The molecule has 2 aliphatic heterocycles. The van der Waals surface area contributed by atoms with Crippen molar-refractivity contribution in [2.45, 2.75) is 24.8 Å². The fourth-order valence-corrected chi connectivity index (χ4v) is 3.75. The SMILES string of the molecule is c1coc([C@H]2CN3OC[C@@H]4CC[C@H]2[C@@H]43)c1. The molecule has 0 aromatic carbocycles. The number of hydroxylamine groups is 2. The van der Waals surface area contributed by atoms with Gasteiger partial charge in [0.25, 0.3) is 0 Å². The molecular weight excluding hydrogens is 190 g/mol. The van der Waals surface area contributed by atoms with Crippen molar-refractivity contribution < 1.29 is 9.25 Å². The highest BCUT2D eigenvalue weighted by Crippen LogP contribution is 2.51. The van der Waals surface area contributed by atoms with E-state index in [0.717, 1.165) is 30.7 Å². The third kappa shape index (κ3) is 1.02. The Hall–Kier alpha value is -0.800. The Balaban J connectivity index is 1.69. The third-order valence-electron chi connectivity index (χ3n) is 4.38. The van der Waals surface area contributed by atoms with Crippen molar-refractivity contribution in [3.8, 4) is 0 Å². The van der Waals surface area contributed by atoms with Crippen LogP contribution in [0.5, 0.6) is 0 Å². The Morgan fingerprint density at radius 2 is 2.33 bits per heavy atom. The van der Waals surface area contributed by atoms with E-state index < -0.39 is 0 Å². The first-order valence-electron chi connectivity index (χ1n) is 5.86. The normalized spacial score (nSPS) is 43.7. The summed E-state index contributed by atoms with van der Waals surface area (Å²) >= 11 is 0. The highest BCUT2D eigenvalue weighted by molar-refractivity contribution is 5.15. The van der Waals surface area contributed by atoms with Crippen molar-refractivity contribution in [2.24, 2.45) is 11.8 Å². The van der Waals surface area contributed by atoms with Crippen LogP contribution in [0.25, 0.3) is 0 Å². The smallest absolute Gasteiger partial charge is 0.108 e. The number of rotatable bonds is 1. The molecule has 1 aromatic heterocycles. The standard InChI is InChI=1S/C12H15NO2/c1-2-11(14-5-1)10-6-13-12-8(7-15-13)3-4-9(10)12/h1-2,5,8-10,12H,3-4,6-7H2/t8-,9+,10-,12+/m0/s1. The van der Waals surface area contributed by atoms with E-state index in [4.69, 9.17) is 9.25 Å². The molecule has 0 unspecified atom stereocenters. The molecule has 3 aliphatic rings. The van der Waals surface area contributed by atoms with Crippen molar-refractivity contribution in [3.63, 3.8) is 0 Å². The maximum Gasteiger partial charge on any atom is 0.108 e. The lowest BCUT2D eigenvalue weighted by molar-refractivity contribution is -0.117. The maximum absolute atomic E-state index is 5.73. The van der Waals surface area contributed by atoms with Gasteiger partial charge in [0, 0.05) is 24.4 Å². The molecule has 3 heteroatoms. The van der Waals surface area contributed by atoms with Crippen LogP contribution < -0.4 is 0 Å². The second-order valence-corrected chi connectivity index (χ2v) is 5.01. The van der Waals surface area contributed by atoms with Crippen LogP contribution >= 0.6 is 0 Å². The van der Waals surface area contributed by atoms with Gasteiger partial charge in [0.15, 0.2) is 0 Å². The van der Waals surface area contributed by atoms with Crippen molar-refractivity contribution >= 4 is 0 Å². The maximum atomic E-state index is 5.73. The van der Waals surface area contributed by atoms with Gasteiger partial charge < -0.3 is 4.42 Å². The van der Waals surface area contributed by atoms with Crippen LogP contribution in [-0.2, 0) is 4.84 Å². The molecule has 0 spiro atoms. The summed E-state index contributed by atoms with van der Waals surface area (Å²) in [6.45, 7) is 1.98. The van der Waals surface area contributed by atoms with E-state index in [1.54, 1.807) is 6.26 Å². The van der Waals surface area contributed by atoms with Gasteiger partial charge in [0.1, 0.15) is 5.76 Å². The van der Waals surface area contributed by atoms with Gasteiger partial charge in [-0.3, -0.25) is 4.84 Å². The second-order valence-electron chi connectivity index (χ2n) is 5.01. The Morgan fingerprint density at radius 1 is 1.33 bits per heavy atom. The van der Waals surface area contributed by atoms with Crippen LogP contribution in [0.15, 0.2) is 22.8 Å². The van der Waals surface area contributed by atoms with E-state index in [0.29, 0.717) is 12.0 Å². The quantitative estimate of drug-likeness (QED) is 0.701. The minimum absolute atomic E-state index is 0.565. The molecular formula is C12H15NO2. The Kier molecular flexibility index (Phi) is 1.60. The number of hydrogen-bond acceptors (Lipinski definition) is 3. The van der Waals surface area contributed by atoms with Gasteiger partial charge in [-0.25, -0.2) is 0 Å². The van der Waals surface area contributed by atoms with Crippen LogP contribution in [0, 0.1) is 11.8 Å². The molecule has 3 fully saturated rings. The summed E-state index contributed by atoms with van der Waals surface area (Å²) in [4.78, 5) is 5.73. The monoisotopic (exact) mass is 205 g/mol. The summed E-state index contributed by atoms with van der Waals surface area (Å²) in [7, 11) is 0. The molecule has 3 heterocycles. The molecule has 4 rings (SSSR count). The Morgan fingerprint density at radius 3 is 3.20 bits per heavy atom. The van der Waals surface area contributed by atoms with Gasteiger partial charge in [-0.1, -0.05) is 0 Å². The van der Waals surface area contributed by atoms with Gasteiger partial charge in [-0.05, 0) is 30.9 Å². The van der Waals surface area contributed by atoms with E-state index in [1.807, 2.05) is 6.07 Å². The number of nitrogens with zero attached hydrogens (tertiary/aromatic N) is 1. The molecule has 0 N–H and O–H groups in total. The van der Waals surface area contributed by atoms with E-state index in [1.165, 1.54) is 12.8 Å². The lowest BCUT2D eigenvalue weighted by Crippen LogP contribution is -2.25. The zero-order valence-electron chi connectivity index (χ0n) is 8.63. The summed E-state index contributed by atoms with van der Waals surface area (Å²) in [5.41, 5.74) is 0. The molecule has 0 bridgehead atoms. The fourth-order valence-electron chi connectivity index (χ4n) is 3.75. The Labute approximate surface area is 89.0 Å². The molecule has 2 saturated heterocycles. The van der Waals surface area contributed by atoms with Gasteiger partial charge in [0.05, 0.1) is 12.9 Å². The number of furan rings is 1. The molecule has 1 aromatic rings. The van der Waals surface area contributed by atoms with Crippen molar-refractivity contribution in [1.82, 2.24) is 5.06 Å². The van der Waals surface area contributed by atoms with Crippen LogP contribution in [0.3, 0.4) is 0 Å². The number of hydrogen-bond donors (Lipinski definition) is 0. The zero-order valence-corrected chi connectivity index (χ0v) is 8.63. The highest BCUT2D eigenvalue weighted by atomic mass is 16.7. The van der Waals surface area contributed by atoms with E-state index in [-0.39, 0.29) is 0 Å². The molecule has 0 radical (unpaired) electrons. The van der Waals surface area contributed by atoms with Gasteiger partial charge in [0.2, 0.25) is 0 Å². The molecule has 0 amide bonds. The minimum Gasteiger partial charge on any atom is -0.469 e. The van der Waals surface area contributed by atoms with Crippen LogP contribution in [-0.4, -0.2) is 24.3 Å². The lowest BCUT2D eigenvalue weighted by Gasteiger charge is -2.15. The van der Waals surface area contributed by atoms with E-state index in [2.05, 4.69) is 11.1 Å². The minimum atomic E-state index is 0.565. The van der Waals surface area contributed by atoms with E-state index >= 15 is 0 Å². The predicted molar refractivity (Wildman–Crippen MR) is 54.1 cm³/mol. The topological polar surface area (TPSA) is 25.6 Å². The average Bonchev–Trinajstić information content (AvgIpc) is 2.99. The van der Waals surface area contributed by atoms with Gasteiger partial charge >= 0.3 is 0 Å². The molecule has 1 saturated carbocycles. The predicted octanol–water partition coefficient (Wildman–Crippen LogP) is 2.02. The third-order valence-corrected chi connectivity index (χ3v) is 4.38. The second kappa shape index (κ2) is 2.86. The van der Waals surface area contributed by atoms with Crippen LogP contribution in [0.2, 0.25) is 0 Å². The first-order valence-corrected chi connectivity index (χ1v) is 5.86. The summed E-state index contributed by atoms with van der Waals surface area (Å²) in [5.74, 6) is 3.27. The van der Waals surface area contributed by atoms with Gasteiger partial charge in [-0.15, -0.1) is 0 Å². The van der Waals surface area contributed by atoms with Crippen LogP contribution in [0.1, 0.15) is 24.5 Å². The summed E-state index contributed by atoms with van der Waals surface area (Å²) < 4.78 is 5.55. The summed E-state index contributed by atoms with van der Waals surface area (Å²) in [5, 5.41) is 2.22. The van der Waals surface area contributed by atoms with Crippen molar-refractivity contribution in [3.05, 3.63) is 24.2 Å². The molecule has 80 valence electrons. The van der Waals surface area contributed by atoms with Crippen molar-refractivity contribution in [2.75, 3.05) is 13.2 Å². The first-order chi connectivity index (χ1) is 7.43. The van der Waals surface area contributed by atoms with E-state index in [9.17, 15) is 0 Å². The highest BCUT2D eigenvalue weighted by Gasteiger charge is 2.54. The average molecular weight is 205 g/mol. The molecule has 15 heavy (non-hydrogen) atoms. The van der Waals surface area contributed by atoms with Crippen LogP contribution in [0.4, 0.5) is 0 Å². The van der Waals surface area contributed by atoms with Crippen molar-refractivity contribution in [1.29, 1.82) is 0 Å². The van der Waals surface area contributed by atoms with Gasteiger partial charge in [-0.2, -0.15) is 5.06 Å². The largest absolute Gasteiger partial charge is 0.469 e. The summed E-state index contributed by atoms with van der Waals surface area (Å²) in [6.07, 6.45) is 4.47. The summed E-state index contributed by atoms with van der Waals surface area (Å²) in [6, 6.07) is 4.78. The molecule has 1 aliphatic carbocycles. The lowest BCUT2D eigenvalue weighted by atomic mass is 9.89. The fraction of sp³-hybridized carbons (Fsp3) is 0.667. The first kappa shape index (κ1) is 8.36. The zero-order chi connectivity index (χ0) is 9.83. The Bertz CT molecular complexity index is 362.